The largest absolute Gasteiger partial charge is 0.321 e. The van der Waals surface area contributed by atoms with Crippen molar-refractivity contribution in [1.82, 2.24) is 4.98 Å². The summed E-state index contributed by atoms with van der Waals surface area (Å²) < 4.78 is 12.7. The number of nitrogens with zero attached hydrogens (tertiary/aromatic N) is 1. The van der Waals surface area contributed by atoms with E-state index in [-0.39, 0.29) is 11.7 Å². The van der Waals surface area contributed by atoms with E-state index >= 15 is 0 Å². The van der Waals surface area contributed by atoms with Crippen molar-refractivity contribution < 1.29 is 9.18 Å². The van der Waals surface area contributed by atoms with Gasteiger partial charge in [-0.1, -0.05) is 6.07 Å². The second-order valence-corrected chi connectivity index (χ2v) is 3.63. The predicted octanol–water partition coefficient (Wildman–Crippen LogP) is 2.78. The SMILES string of the molecule is Cc1cccc(C(=O)Nc2ccc(F)cc2)n1. The number of pyridine rings is 1. The third-order valence-electron chi connectivity index (χ3n) is 2.22. The minimum absolute atomic E-state index is 0.305. The zero-order valence-electron chi connectivity index (χ0n) is 9.27. The van der Waals surface area contributed by atoms with Gasteiger partial charge in [0.2, 0.25) is 0 Å². The van der Waals surface area contributed by atoms with E-state index in [0.717, 1.165) is 5.69 Å². The highest BCUT2D eigenvalue weighted by Crippen LogP contribution is 2.09. The molecule has 1 amide bonds. The highest BCUT2D eigenvalue weighted by molar-refractivity contribution is 6.02. The van der Waals surface area contributed by atoms with Crippen LogP contribution in [0.15, 0.2) is 42.5 Å². The van der Waals surface area contributed by atoms with Crippen LogP contribution in [0.3, 0.4) is 0 Å². The van der Waals surface area contributed by atoms with Crippen LogP contribution in [0.1, 0.15) is 16.2 Å². The molecule has 2 aromatic rings. The number of nitrogens with one attached hydrogen (secondary N) is 1. The molecule has 0 saturated heterocycles. The third-order valence-corrected chi connectivity index (χ3v) is 2.22. The van der Waals surface area contributed by atoms with Crippen LogP contribution < -0.4 is 5.32 Å². The normalized spacial score (nSPS) is 10.0. The van der Waals surface area contributed by atoms with E-state index in [9.17, 15) is 9.18 Å². The average Bonchev–Trinajstić information content (AvgIpc) is 2.32. The number of hydrogen-bond donors (Lipinski definition) is 1. The molecule has 0 aliphatic heterocycles. The Morgan fingerprint density at radius 3 is 2.53 bits per heavy atom. The van der Waals surface area contributed by atoms with E-state index < -0.39 is 0 Å². The lowest BCUT2D eigenvalue weighted by Gasteiger charge is -2.04. The maximum absolute atomic E-state index is 12.7. The number of halogens is 1. The molecule has 0 bridgehead atoms. The molecule has 17 heavy (non-hydrogen) atoms. The molecule has 0 aliphatic rings. The van der Waals surface area contributed by atoms with Gasteiger partial charge in [-0.05, 0) is 43.3 Å². The van der Waals surface area contributed by atoms with E-state index in [1.165, 1.54) is 24.3 Å². The number of benzene rings is 1. The van der Waals surface area contributed by atoms with Gasteiger partial charge in [-0.2, -0.15) is 0 Å². The van der Waals surface area contributed by atoms with Crippen molar-refractivity contribution in [2.75, 3.05) is 5.32 Å². The number of rotatable bonds is 2. The zero-order valence-corrected chi connectivity index (χ0v) is 9.27. The molecular formula is C13H11FN2O. The van der Waals surface area contributed by atoms with Gasteiger partial charge >= 0.3 is 0 Å². The number of carbonyl (C=O) groups is 1. The monoisotopic (exact) mass is 230 g/mol. The molecule has 1 aromatic heterocycles. The van der Waals surface area contributed by atoms with Gasteiger partial charge in [0.05, 0.1) is 0 Å². The first-order valence-electron chi connectivity index (χ1n) is 5.16. The van der Waals surface area contributed by atoms with Crippen LogP contribution in [0.5, 0.6) is 0 Å². The summed E-state index contributed by atoms with van der Waals surface area (Å²) in [5.41, 5.74) is 1.66. The molecule has 0 unspecified atom stereocenters. The summed E-state index contributed by atoms with van der Waals surface area (Å²) in [7, 11) is 0. The second kappa shape index (κ2) is 4.74. The van der Waals surface area contributed by atoms with Gasteiger partial charge in [-0.15, -0.1) is 0 Å². The van der Waals surface area contributed by atoms with Gasteiger partial charge in [0.25, 0.3) is 5.91 Å². The Bertz CT molecular complexity index is 537. The fourth-order valence-electron chi connectivity index (χ4n) is 1.40. The van der Waals surface area contributed by atoms with Gasteiger partial charge in [0, 0.05) is 11.4 Å². The van der Waals surface area contributed by atoms with E-state index in [1.807, 2.05) is 13.0 Å². The quantitative estimate of drug-likeness (QED) is 0.861. The van der Waals surface area contributed by atoms with Crippen LogP contribution in [0.2, 0.25) is 0 Å². The zero-order chi connectivity index (χ0) is 12.3. The number of amides is 1. The Kier molecular flexibility index (Phi) is 3.14. The summed E-state index contributed by atoms with van der Waals surface area (Å²) >= 11 is 0. The predicted molar refractivity (Wildman–Crippen MR) is 63.3 cm³/mol. The fraction of sp³-hybridized carbons (Fsp3) is 0.0769. The van der Waals surface area contributed by atoms with Crippen molar-refractivity contribution in [3.63, 3.8) is 0 Å². The molecule has 0 saturated carbocycles. The minimum Gasteiger partial charge on any atom is -0.321 e. The maximum atomic E-state index is 12.7. The Morgan fingerprint density at radius 2 is 1.88 bits per heavy atom. The lowest BCUT2D eigenvalue weighted by Crippen LogP contribution is -2.13. The van der Waals surface area contributed by atoms with Crippen molar-refractivity contribution in [3.05, 3.63) is 59.7 Å². The summed E-state index contributed by atoms with van der Waals surface area (Å²) in [4.78, 5) is 15.9. The van der Waals surface area contributed by atoms with E-state index in [0.29, 0.717) is 11.4 Å². The van der Waals surface area contributed by atoms with Crippen molar-refractivity contribution in [1.29, 1.82) is 0 Å². The second-order valence-electron chi connectivity index (χ2n) is 3.63. The van der Waals surface area contributed by atoms with Crippen molar-refractivity contribution in [2.45, 2.75) is 6.92 Å². The van der Waals surface area contributed by atoms with Gasteiger partial charge in [-0.25, -0.2) is 9.37 Å². The molecule has 3 nitrogen and oxygen atoms in total. The van der Waals surface area contributed by atoms with Crippen molar-refractivity contribution in [2.24, 2.45) is 0 Å². The molecule has 1 N–H and O–H groups in total. The molecular weight excluding hydrogens is 219 g/mol. The molecule has 0 spiro atoms. The van der Waals surface area contributed by atoms with E-state index in [2.05, 4.69) is 10.3 Å². The Morgan fingerprint density at radius 1 is 1.18 bits per heavy atom. The average molecular weight is 230 g/mol. The van der Waals surface area contributed by atoms with Crippen LogP contribution in [-0.4, -0.2) is 10.9 Å². The number of aromatic nitrogens is 1. The van der Waals surface area contributed by atoms with Crippen LogP contribution in [0, 0.1) is 12.7 Å². The Labute approximate surface area is 98.3 Å². The van der Waals surface area contributed by atoms with Crippen LogP contribution >= 0.6 is 0 Å². The smallest absolute Gasteiger partial charge is 0.274 e. The number of anilines is 1. The number of carbonyl (C=O) groups excluding carboxylic acids is 1. The molecule has 1 heterocycles. The summed E-state index contributed by atoms with van der Waals surface area (Å²) in [6.45, 7) is 1.81. The van der Waals surface area contributed by atoms with E-state index in [1.54, 1.807) is 12.1 Å². The molecule has 4 heteroatoms. The topological polar surface area (TPSA) is 42.0 Å². The molecule has 0 fully saturated rings. The first-order valence-corrected chi connectivity index (χ1v) is 5.16. The standard InChI is InChI=1S/C13H11FN2O/c1-9-3-2-4-12(15-9)13(17)16-11-7-5-10(14)6-8-11/h2-8H,1H3,(H,16,17). The summed E-state index contributed by atoms with van der Waals surface area (Å²) in [5, 5.41) is 2.64. The number of aryl methyl sites for hydroxylation is 1. The lowest BCUT2D eigenvalue weighted by atomic mass is 10.2. The maximum Gasteiger partial charge on any atom is 0.274 e. The molecule has 0 aliphatic carbocycles. The first-order chi connectivity index (χ1) is 8.15. The Hall–Kier alpha value is -2.23. The molecule has 86 valence electrons. The van der Waals surface area contributed by atoms with Crippen LogP contribution in [-0.2, 0) is 0 Å². The fourth-order valence-corrected chi connectivity index (χ4v) is 1.40. The molecule has 0 atom stereocenters. The first kappa shape index (κ1) is 11.3. The van der Waals surface area contributed by atoms with Gasteiger partial charge < -0.3 is 5.32 Å². The third kappa shape index (κ3) is 2.87. The van der Waals surface area contributed by atoms with Crippen LogP contribution in [0.25, 0.3) is 0 Å². The summed E-state index contributed by atoms with van der Waals surface area (Å²) in [6.07, 6.45) is 0. The van der Waals surface area contributed by atoms with Crippen LogP contribution in [0.4, 0.5) is 10.1 Å². The van der Waals surface area contributed by atoms with Crippen molar-refractivity contribution >= 4 is 11.6 Å². The van der Waals surface area contributed by atoms with Gasteiger partial charge in [0.15, 0.2) is 0 Å². The summed E-state index contributed by atoms with van der Waals surface area (Å²) in [5.74, 6) is -0.642. The van der Waals surface area contributed by atoms with Crippen molar-refractivity contribution in [3.8, 4) is 0 Å². The highest BCUT2D eigenvalue weighted by atomic mass is 19.1. The molecule has 1 aromatic carbocycles. The molecule has 2 rings (SSSR count). The lowest BCUT2D eigenvalue weighted by molar-refractivity contribution is 0.102. The van der Waals surface area contributed by atoms with Gasteiger partial charge in [0.1, 0.15) is 11.5 Å². The molecule has 0 radical (unpaired) electrons. The van der Waals surface area contributed by atoms with E-state index in [4.69, 9.17) is 0 Å². The van der Waals surface area contributed by atoms with Gasteiger partial charge in [-0.3, -0.25) is 4.79 Å². The Balaban J connectivity index is 2.14. The summed E-state index contributed by atoms with van der Waals surface area (Å²) in [6, 6.07) is 10.8. The minimum atomic E-state index is -0.336. The highest BCUT2D eigenvalue weighted by Gasteiger charge is 2.07. The number of hydrogen-bond acceptors (Lipinski definition) is 2.